The van der Waals surface area contributed by atoms with Crippen molar-refractivity contribution in [2.45, 2.75) is 4.90 Å². The number of alkyl halides is 1. The van der Waals surface area contributed by atoms with Crippen molar-refractivity contribution in [1.82, 2.24) is 0 Å². The highest BCUT2D eigenvalue weighted by Gasteiger charge is 2.23. The number of oxime groups is 1. The number of ketones is 1. The standard InChI is InChI=1S/C12H12ClNO6S/c13-8-10(15)11(14-17)12(16)20-6-7-21(18,19)9-4-2-1-3-5-9/h1-5,17H,6-8H2. The van der Waals surface area contributed by atoms with Gasteiger partial charge in [-0.2, -0.15) is 0 Å². The molecule has 1 aromatic rings. The summed E-state index contributed by atoms with van der Waals surface area (Å²) in [6.45, 7) is -0.482. The minimum Gasteiger partial charge on any atom is -0.460 e. The Balaban J connectivity index is 2.62. The van der Waals surface area contributed by atoms with Crippen LogP contribution in [-0.4, -0.2) is 49.3 Å². The second-order valence-electron chi connectivity index (χ2n) is 3.77. The molecule has 0 aliphatic rings. The molecule has 0 aliphatic heterocycles. The first-order chi connectivity index (χ1) is 9.92. The third-order valence-electron chi connectivity index (χ3n) is 2.37. The van der Waals surface area contributed by atoms with Crippen LogP contribution in [0, 0.1) is 0 Å². The van der Waals surface area contributed by atoms with Crippen LogP contribution in [0.5, 0.6) is 0 Å². The second-order valence-corrected chi connectivity index (χ2v) is 6.15. The van der Waals surface area contributed by atoms with E-state index in [1.165, 1.54) is 12.1 Å². The molecular weight excluding hydrogens is 322 g/mol. The van der Waals surface area contributed by atoms with E-state index >= 15 is 0 Å². The van der Waals surface area contributed by atoms with Gasteiger partial charge in [-0.05, 0) is 12.1 Å². The Kier molecular flexibility index (Phi) is 6.32. The van der Waals surface area contributed by atoms with Gasteiger partial charge in [-0.15, -0.1) is 11.6 Å². The van der Waals surface area contributed by atoms with Gasteiger partial charge < -0.3 is 9.94 Å². The lowest BCUT2D eigenvalue weighted by molar-refractivity contribution is -0.135. The highest BCUT2D eigenvalue weighted by atomic mass is 35.5. The number of nitrogens with zero attached hydrogens (tertiary/aromatic N) is 1. The molecule has 114 valence electrons. The van der Waals surface area contributed by atoms with Crippen LogP contribution in [0.4, 0.5) is 0 Å². The van der Waals surface area contributed by atoms with Crippen molar-refractivity contribution in [2.24, 2.45) is 5.16 Å². The number of Topliss-reactive ketones (excluding diaryl/α,β-unsaturated/α-hetero) is 1. The molecule has 0 saturated carbocycles. The summed E-state index contributed by atoms with van der Waals surface area (Å²) in [5.41, 5.74) is -0.873. The molecule has 0 bridgehead atoms. The highest BCUT2D eigenvalue weighted by Crippen LogP contribution is 2.09. The predicted molar refractivity (Wildman–Crippen MR) is 74.4 cm³/mol. The first-order valence-corrected chi connectivity index (χ1v) is 7.87. The maximum absolute atomic E-state index is 11.9. The molecule has 0 spiro atoms. The number of sulfone groups is 1. The van der Waals surface area contributed by atoms with Crippen LogP contribution in [0.1, 0.15) is 0 Å². The van der Waals surface area contributed by atoms with Gasteiger partial charge in [0, 0.05) is 0 Å². The van der Waals surface area contributed by atoms with Crippen molar-refractivity contribution in [2.75, 3.05) is 18.2 Å². The third-order valence-corrected chi connectivity index (χ3v) is 4.30. The number of carbonyl (C=O) groups is 2. The smallest absolute Gasteiger partial charge is 0.364 e. The Labute approximate surface area is 126 Å². The largest absolute Gasteiger partial charge is 0.460 e. The number of hydrogen-bond acceptors (Lipinski definition) is 7. The zero-order valence-corrected chi connectivity index (χ0v) is 12.3. The van der Waals surface area contributed by atoms with Gasteiger partial charge in [-0.3, -0.25) is 4.79 Å². The van der Waals surface area contributed by atoms with Crippen molar-refractivity contribution in [3.8, 4) is 0 Å². The number of carbonyl (C=O) groups excluding carboxylic acids is 2. The number of ether oxygens (including phenoxy) is 1. The number of halogens is 1. The molecule has 0 saturated heterocycles. The molecule has 0 aliphatic carbocycles. The molecule has 0 atom stereocenters. The third kappa shape index (κ3) is 4.83. The van der Waals surface area contributed by atoms with E-state index in [2.05, 4.69) is 9.89 Å². The topological polar surface area (TPSA) is 110 Å². The Bertz CT molecular complexity index is 641. The lowest BCUT2D eigenvalue weighted by Crippen LogP contribution is -2.29. The van der Waals surface area contributed by atoms with Gasteiger partial charge in [0.05, 0.1) is 16.5 Å². The van der Waals surface area contributed by atoms with Crippen LogP contribution in [0.25, 0.3) is 0 Å². The molecule has 0 amide bonds. The summed E-state index contributed by atoms with van der Waals surface area (Å²) in [5, 5.41) is 11.0. The Morgan fingerprint density at radius 2 is 1.86 bits per heavy atom. The summed E-state index contributed by atoms with van der Waals surface area (Å²) in [7, 11) is -3.60. The van der Waals surface area contributed by atoms with Gasteiger partial charge in [0.1, 0.15) is 6.61 Å². The van der Waals surface area contributed by atoms with Crippen molar-refractivity contribution in [3.05, 3.63) is 30.3 Å². The molecule has 1 rings (SSSR count). The molecule has 0 radical (unpaired) electrons. The summed E-state index contributed by atoms with van der Waals surface area (Å²) in [6, 6.07) is 7.62. The fourth-order valence-corrected chi connectivity index (χ4v) is 2.57. The summed E-state index contributed by atoms with van der Waals surface area (Å²) in [6.07, 6.45) is 0. The van der Waals surface area contributed by atoms with Crippen LogP contribution in [0.15, 0.2) is 40.4 Å². The highest BCUT2D eigenvalue weighted by molar-refractivity contribution is 7.91. The van der Waals surface area contributed by atoms with E-state index in [1.54, 1.807) is 18.2 Å². The van der Waals surface area contributed by atoms with E-state index in [4.69, 9.17) is 16.8 Å². The van der Waals surface area contributed by atoms with Gasteiger partial charge in [0.2, 0.25) is 11.5 Å². The predicted octanol–water partition coefficient (Wildman–Crippen LogP) is 0.642. The van der Waals surface area contributed by atoms with Crippen LogP contribution >= 0.6 is 11.6 Å². The lowest BCUT2D eigenvalue weighted by atomic mass is 10.3. The minimum absolute atomic E-state index is 0.0916. The van der Waals surface area contributed by atoms with Crippen LogP contribution in [0.3, 0.4) is 0 Å². The monoisotopic (exact) mass is 333 g/mol. The zero-order chi connectivity index (χ0) is 15.9. The number of hydrogen-bond donors (Lipinski definition) is 1. The Morgan fingerprint density at radius 3 is 2.38 bits per heavy atom. The van der Waals surface area contributed by atoms with Crippen LogP contribution in [-0.2, 0) is 24.2 Å². The average molecular weight is 334 g/mol. The second kappa shape index (κ2) is 7.75. The van der Waals surface area contributed by atoms with Gasteiger partial charge in [0.25, 0.3) is 0 Å². The fourth-order valence-electron chi connectivity index (χ4n) is 1.33. The van der Waals surface area contributed by atoms with Gasteiger partial charge >= 0.3 is 5.97 Å². The van der Waals surface area contributed by atoms with Crippen molar-refractivity contribution >= 4 is 38.9 Å². The Morgan fingerprint density at radius 1 is 1.24 bits per heavy atom. The SMILES string of the molecule is O=C(CCl)C(=NO)C(=O)OCCS(=O)(=O)c1ccccc1. The molecule has 7 nitrogen and oxygen atoms in total. The quantitative estimate of drug-likeness (QED) is 0.196. The molecule has 0 aromatic heterocycles. The van der Waals surface area contributed by atoms with Crippen molar-refractivity contribution in [3.63, 3.8) is 0 Å². The molecule has 0 unspecified atom stereocenters. The summed E-state index contributed by atoms with van der Waals surface area (Å²) in [5.74, 6) is -3.17. The van der Waals surface area contributed by atoms with Gasteiger partial charge in [-0.1, -0.05) is 23.4 Å². The van der Waals surface area contributed by atoms with E-state index in [-0.39, 0.29) is 4.90 Å². The van der Waals surface area contributed by atoms with Crippen LogP contribution < -0.4 is 0 Å². The molecule has 9 heteroatoms. The molecule has 1 N–H and O–H groups in total. The first-order valence-electron chi connectivity index (χ1n) is 5.68. The lowest BCUT2D eigenvalue weighted by Gasteiger charge is -2.06. The molecule has 0 heterocycles. The van der Waals surface area contributed by atoms with Crippen molar-refractivity contribution < 1.29 is 28.0 Å². The normalized spacial score (nSPS) is 12.0. The Hall–Kier alpha value is -1.93. The van der Waals surface area contributed by atoms with Gasteiger partial charge in [0.15, 0.2) is 9.84 Å². The average Bonchev–Trinajstić information content (AvgIpc) is 2.48. The van der Waals surface area contributed by atoms with E-state index in [1.807, 2.05) is 0 Å². The minimum atomic E-state index is -3.60. The molecule has 21 heavy (non-hydrogen) atoms. The molecular formula is C12H12ClNO6S. The maximum atomic E-state index is 11.9. The molecule has 1 aromatic carbocycles. The number of benzene rings is 1. The fraction of sp³-hybridized carbons (Fsp3) is 0.250. The van der Waals surface area contributed by atoms with Gasteiger partial charge in [-0.25, -0.2) is 13.2 Å². The van der Waals surface area contributed by atoms with E-state index < -0.39 is 45.5 Å². The number of rotatable bonds is 7. The summed E-state index contributed by atoms with van der Waals surface area (Å²) >= 11 is 5.21. The summed E-state index contributed by atoms with van der Waals surface area (Å²) in [4.78, 5) is 22.6. The maximum Gasteiger partial charge on any atom is 0.364 e. The molecule has 0 fully saturated rings. The summed E-state index contributed by atoms with van der Waals surface area (Å²) < 4.78 is 28.4. The van der Waals surface area contributed by atoms with E-state index in [0.29, 0.717) is 0 Å². The first kappa shape index (κ1) is 17.1. The van der Waals surface area contributed by atoms with Crippen molar-refractivity contribution in [1.29, 1.82) is 0 Å². The van der Waals surface area contributed by atoms with E-state index in [0.717, 1.165) is 0 Å². The number of esters is 1. The van der Waals surface area contributed by atoms with E-state index in [9.17, 15) is 18.0 Å². The zero-order valence-electron chi connectivity index (χ0n) is 10.7. The van der Waals surface area contributed by atoms with Crippen LogP contribution in [0.2, 0.25) is 0 Å².